The summed E-state index contributed by atoms with van der Waals surface area (Å²) in [7, 11) is 1.52. The molecule has 1 aliphatic rings. The maximum absolute atomic E-state index is 11.6. The minimum absolute atomic E-state index is 0.0932. The molecule has 0 unspecified atom stereocenters. The van der Waals surface area contributed by atoms with Gasteiger partial charge in [0.25, 0.3) is 0 Å². The lowest BCUT2D eigenvalue weighted by atomic mass is 9.96. The molecule has 1 amide bonds. The van der Waals surface area contributed by atoms with Crippen molar-refractivity contribution < 1.29 is 19.4 Å². The fourth-order valence-corrected chi connectivity index (χ4v) is 1.64. The molecule has 0 spiro atoms. The summed E-state index contributed by atoms with van der Waals surface area (Å²) < 4.78 is 5.19. The zero-order valence-corrected chi connectivity index (χ0v) is 8.94. The number of hydrogen-bond donors (Lipinski definition) is 1. The van der Waals surface area contributed by atoms with Crippen LogP contribution in [0.5, 0.6) is 0 Å². The maximum atomic E-state index is 11.6. The van der Waals surface area contributed by atoms with E-state index < -0.39 is 5.97 Å². The molecule has 0 bridgehead atoms. The van der Waals surface area contributed by atoms with Gasteiger partial charge in [0.1, 0.15) is 6.54 Å². The van der Waals surface area contributed by atoms with Crippen LogP contribution in [-0.4, -0.2) is 48.7 Å². The molecular formula is C10H17NO4. The second-order valence-electron chi connectivity index (χ2n) is 3.90. The number of hydrogen-bond acceptors (Lipinski definition) is 3. The second kappa shape index (κ2) is 5.70. The SMILES string of the molecule is CN(CC(=O)O)C(=O)CC1CCOCC1. The summed E-state index contributed by atoms with van der Waals surface area (Å²) in [4.78, 5) is 23.2. The molecule has 0 radical (unpaired) electrons. The Labute approximate surface area is 89.0 Å². The van der Waals surface area contributed by atoms with Gasteiger partial charge < -0.3 is 14.7 Å². The highest BCUT2D eigenvalue weighted by Gasteiger charge is 2.20. The van der Waals surface area contributed by atoms with Crippen molar-refractivity contribution in [3.8, 4) is 0 Å². The molecule has 86 valence electrons. The zero-order valence-electron chi connectivity index (χ0n) is 8.94. The lowest BCUT2D eigenvalue weighted by Gasteiger charge is -2.23. The predicted octanol–water partition coefficient (Wildman–Crippen LogP) is 0.346. The molecule has 5 heteroatoms. The topological polar surface area (TPSA) is 66.8 Å². The number of carboxylic acids is 1. The van der Waals surface area contributed by atoms with E-state index in [4.69, 9.17) is 9.84 Å². The van der Waals surface area contributed by atoms with E-state index in [-0.39, 0.29) is 12.5 Å². The first kappa shape index (κ1) is 12.0. The van der Waals surface area contributed by atoms with E-state index in [0.717, 1.165) is 12.8 Å². The van der Waals surface area contributed by atoms with Gasteiger partial charge in [-0.2, -0.15) is 0 Å². The predicted molar refractivity (Wildman–Crippen MR) is 53.4 cm³/mol. The maximum Gasteiger partial charge on any atom is 0.323 e. The number of ether oxygens (including phenoxy) is 1. The summed E-state index contributed by atoms with van der Waals surface area (Å²) in [6.45, 7) is 1.20. The van der Waals surface area contributed by atoms with Gasteiger partial charge in [0, 0.05) is 26.7 Å². The first-order valence-electron chi connectivity index (χ1n) is 5.13. The fraction of sp³-hybridized carbons (Fsp3) is 0.800. The molecule has 1 saturated heterocycles. The molecule has 1 heterocycles. The Morgan fingerprint density at radius 3 is 2.53 bits per heavy atom. The minimum Gasteiger partial charge on any atom is -0.480 e. The van der Waals surface area contributed by atoms with Crippen molar-refractivity contribution in [1.82, 2.24) is 4.90 Å². The Balaban J connectivity index is 2.30. The van der Waals surface area contributed by atoms with Crippen LogP contribution in [0.1, 0.15) is 19.3 Å². The zero-order chi connectivity index (χ0) is 11.3. The quantitative estimate of drug-likeness (QED) is 0.734. The monoisotopic (exact) mass is 215 g/mol. The highest BCUT2D eigenvalue weighted by atomic mass is 16.5. The highest BCUT2D eigenvalue weighted by molar-refractivity contribution is 5.81. The fourth-order valence-electron chi connectivity index (χ4n) is 1.64. The van der Waals surface area contributed by atoms with Crippen LogP contribution in [0.3, 0.4) is 0 Å². The van der Waals surface area contributed by atoms with Crippen molar-refractivity contribution in [1.29, 1.82) is 0 Å². The third kappa shape index (κ3) is 4.29. The molecule has 0 aromatic heterocycles. The van der Waals surface area contributed by atoms with Gasteiger partial charge in [0.05, 0.1) is 0 Å². The van der Waals surface area contributed by atoms with Crippen molar-refractivity contribution >= 4 is 11.9 Å². The van der Waals surface area contributed by atoms with Gasteiger partial charge >= 0.3 is 5.97 Å². The number of aliphatic carboxylic acids is 1. The van der Waals surface area contributed by atoms with Gasteiger partial charge in [-0.05, 0) is 18.8 Å². The van der Waals surface area contributed by atoms with Gasteiger partial charge in [0.2, 0.25) is 5.91 Å². The average molecular weight is 215 g/mol. The van der Waals surface area contributed by atoms with Crippen LogP contribution in [0, 0.1) is 5.92 Å². The molecular weight excluding hydrogens is 198 g/mol. The Bertz CT molecular complexity index is 236. The molecule has 0 aromatic rings. The largest absolute Gasteiger partial charge is 0.480 e. The Morgan fingerprint density at radius 2 is 2.00 bits per heavy atom. The van der Waals surface area contributed by atoms with Crippen molar-refractivity contribution in [2.45, 2.75) is 19.3 Å². The van der Waals surface area contributed by atoms with Crippen LogP contribution in [0.15, 0.2) is 0 Å². The number of carbonyl (C=O) groups excluding carboxylic acids is 1. The molecule has 1 N–H and O–H groups in total. The van der Waals surface area contributed by atoms with Crippen molar-refractivity contribution in [3.63, 3.8) is 0 Å². The molecule has 1 fully saturated rings. The average Bonchev–Trinajstić information content (AvgIpc) is 2.18. The second-order valence-corrected chi connectivity index (χ2v) is 3.90. The molecule has 0 aliphatic carbocycles. The first-order valence-corrected chi connectivity index (χ1v) is 5.13. The Hall–Kier alpha value is -1.10. The molecule has 0 saturated carbocycles. The normalized spacial score (nSPS) is 17.4. The van der Waals surface area contributed by atoms with Crippen LogP contribution in [0.2, 0.25) is 0 Å². The lowest BCUT2D eigenvalue weighted by Crippen LogP contribution is -2.34. The summed E-state index contributed by atoms with van der Waals surface area (Å²) in [5, 5.41) is 8.52. The molecule has 15 heavy (non-hydrogen) atoms. The Kier molecular flexibility index (Phi) is 4.55. The highest BCUT2D eigenvalue weighted by Crippen LogP contribution is 2.18. The molecule has 1 aliphatic heterocycles. The van der Waals surface area contributed by atoms with Gasteiger partial charge in [-0.15, -0.1) is 0 Å². The van der Waals surface area contributed by atoms with Gasteiger partial charge in [0.15, 0.2) is 0 Å². The van der Waals surface area contributed by atoms with E-state index in [2.05, 4.69) is 0 Å². The van der Waals surface area contributed by atoms with E-state index in [1.165, 1.54) is 11.9 Å². The van der Waals surface area contributed by atoms with Crippen LogP contribution in [-0.2, 0) is 14.3 Å². The number of likely N-dealkylation sites (N-methyl/N-ethyl adjacent to an activating group) is 1. The summed E-state index contributed by atoms with van der Waals surface area (Å²) in [6.07, 6.45) is 2.23. The molecule has 1 rings (SSSR count). The number of carbonyl (C=O) groups is 2. The number of amides is 1. The number of carboxylic acid groups (broad SMARTS) is 1. The molecule has 0 atom stereocenters. The van der Waals surface area contributed by atoms with Crippen LogP contribution >= 0.6 is 0 Å². The van der Waals surface area contributed by atoms with Crippen molar-refractivity contribution in [3.05, 3.63) is 0 Å². The summed E-state index contributed by atoms with van der Waals surface area (Å²) in [6, 6.07) is 0. The van der Waals surface area contributed by atoms with Gasteiger partial charge in [-0.1, -0.05) is 0 Å². The Morgan fingerprint density at radius 1 is 1.40 bits per heavy atom. The van der Waals surface area contributed by atoms with Gasteiger partial charge in [-0.25, -0.2) is 0 Å². The molecule has 0 aromatic carbocycles. The van der Waals surface area contributed by atoms with Crippen LogP contribution in [0.4, 0.5) is 0 Å². The summed E-state index contributed by atoms with van der Waals surface area (Å²) in [5.74, 6) is -0.718. The number of rotatable bonds is 4. The van der Waals surface area contributed by atoms with Crippen molar-refractivity contribution in [2.24, 2.45) is 5.92 Å². The van der Waals surface area contributed by atoms with E-state index in [0.29, 0.717) is 25.6 Å². The third-order valence-electron chi connectivity index (χ3n) is 2.60. The van der Waals surface area contributed by atoms with Crippen LogP contribution in [0.25, 0.3) is 0 Å². The standard InChI is InChI=1S/C10H17NO4/c1-11(7-10(13)14)9(12)6-8-2-4-15-5-3-8/h8H,2-7H2,1H3,(H,13,14). The lowest BCUT2D eigenvalue weighted by molar-refractivity contribution is -0.144. The van der Waals surface area contributed by atoms with E-state index >= 15 is 0 Å². The summed E-state index contributed by atoms with van der Waals surface area (Å²) >= 11 is 0. The van der Waals surface area contributed by atoms with Crippen LogP contribution < -0.4 is 0 Å². The van der Waals surface area contributed by atoms with E-state index in [1.54, 1.807) is 0 Å². The smallest absolute Gasteiger partial charge is 0.323 e. The van der Waals surface area contributed by atoms with Gasteiger partial charge in [-0.3, -0.25) is 9.59 Å². The first-order chi connectivity index (χ1) is 7.09. The van der Waals surface area contributed by atoms with Crippen molar-refractivity contribution in [2.75, 3.05) is 26.8 Å². The van der Waals surface area contributed by atoms with E-state index in [1.807, 2.05) is 0 Å². The van der Waals surface area contributed by atoms with E-state index in [9.17, 15) is 9.59 Å². The number of nitrogens with zero attached hydrogens (tertiary/aromatic N) is 1. The molecule has 5 nitrogen and oxygen atoms in total. The minimum atomic E-state index is -0.974. The third-order valence-corrected chi connectivity index (χ3v) is 2.60. The summed E-state index contributed by atoms with van der Waals surface area (Å²) in [5.41, 5.74) is 0.